The zero-order chi connectivity index (χ0) is 25.2. The summed E-state index contributed by atoms with van der Waals surface area (Å²) in [4.78, 5) is 21.2. The molecule has 0 N–H and O–H groups in total. The van der Waals surface area contributed by atoms with Crippen LogP contribution in [0.15, 0.2) is 54.3 Å². The molecule has 0 radical (unpaired) electrons. The maximum atomic E-state index is 11.1. The summed E-state index contributed by atoms with van der Waals surface area (Å²) in [6.07, 6.45) is 0. The van der Waals surface area contributed by atoms with E-state index in [1.807, 2.05) is 0 Å². The first kappa shape index (κ1) is 26.2. The van der Waals surface area contributed by atoms with Crippen molar-refractivity contribution in [1.29, 1.82) is 0 Å². The second-order valence-electron chi connectivity index (χ2n) is 6.35. The van der Waals surface area contributed by atoms with Crippen LogP contribution >= 0.6 is 63.7 Å². The van der Waals surface area contributed by atoms with E-state index in [0.717, 1.165) is 0 Å². The molecule has 0 aliphatic rings. The van der Waals surface area contributed by atoms with Crippen molar-refractivity contribution >= 4 is 75.1 Å². The number of hydrogen-bond donors (Lipinski definition) is 0. The van der Waals surface area contributed by atoms with Gasteiger partial charge >= 0.3 is 0 Å². The third-order valence-corrected chi connectivity index (χ3v) is 6.60. The van der Waals surface area contributed by atoms with Gasteiger partial charge in [-0.15, -0.1) is 0 Å². The highest BCUT2D eigenvalue weighted by molar-refractivity contribution is 9.11. The molecule has 0 saturated heterocycles. The van der Waals surface area contributed by atoms with Gasteiger partial charge in [0.1, 0.15) is 5.75 Å². The Kier molecular flexibility index (Phi) is 8.38. The minimum Gasteiger partial charge on any atom is -0.496 e. The van der Waals surface area contributed by atoms with Gasteiger partial charge in [-0.2, -0.15) is 0 Å². The first-order valence-corrected chi connectivity index (χ1v) is 12.1. The molecule has 0 fully saturated rings. The van der Waals surface area contributed by atoms with Crippen LogP contribution in [0, 0.1) is 20.2 Å². The molecule has 0 atom stereocenters. The quantitative estimate of drug-likeness (QED) is 0.168. The van der Waals surface area contributed by atoms with E-state index in [-0.39, 0.29) is 40.1 Å². The van der Waals surface area contributed by atoms with Crippen LogP contribution in [-0.2, 0) is 0 Å². The number of hydrogen-bond acceptors (Lipinski definition) is 8. The molecule has 178 valence electrons. The molecule has 0 aliphatic carbocycles. The average molecular weight is 728 g/mol. The van der Waals surface area contributed by atoms with Gasteiger partial charge in [0.25, 0.3) is 11.4 Å². The van der Waals surface area contributed by atoms with Gasteiger partial charge in [-0.25, -0.2) is 0 Å². The third-order valence-electron chi connectivity index (χ3n) is 4.25. The first-order chi connectivity index (χ1) is 16.0. The van der Waals surface area contributed by atoms with E-state index in [1.165, 1.54) is 38.5 Å². The zero-order valence-electron chi connectivity index (χ0n) is 17.1. The number of non-ortho nitro benzene ring substituents is 2. The van der Waals surface area contributed by atoms with Crippen LogP contribution < -0.4 is 18.9 Å². The minimum absolute atomic E-state index is 0.138. The molecule has 3 rings (SSSR count). The highest BCUT2D eigenvalue weighted by Gasteiger charge is 2.23. The monoisotopic (exact) mass is 724 g/mol. The SMILES string of the molecule is COc1cc(Oc2c(Br)cc([N+](=O)[O-])cc2Br)c(OC)c(Oc2c(Br)cc([N+](=O)[O-])cc2Br)c1. The maximum Gasteiger partial charge on any atom is 0.271 e. The summed E-state index contributed by atoms with van der Waals surface area (Å²) in [5.74, 6) is 1.40. The predicted molar refractivity (Wildman–Crippen MR) is 137 cm³/mol. The molecule has 0 unspecified atom stereocenters. The van der Waals surface area contributed by atoms with E-state index in [2.05, 4.69) is 63.7 Å². The van der Waals surface area contributed by atoms with Crippen molar-refractivity contribution in [3.05, 3.63) is 74.5 Å². The Labute approximate surface area is 226 Å². The van der Waals surface area contributed by atoms with E-state index in [9.17, 15) is 20.2 Å². The fraction of sp³-hybridized carbons (Fsp3) is 0.100. The Bertz CT molecular complexity index is 1160. The molecular formula is C20H12Br4N2O8. The number of halogens is 4. The van der Waals surface area contributed by atoms with Gasteiger partial charge in [-0.05, 0) is 63.7 Å². The van der Waals surface area contributed by atoms with Crippen LogP contribution in [0.5, 0.6) is 34.5 Å². The predicted octanol–water partition coefficient (Wildman–Crippen LogP) is 8.15. The number of nitrogens with zero attached hydrogens (tertiary/aromatic N) is 2. The van der Waals surface area contributed by atoms with Crippen molar-refractivity contribution in [3.8, 4) is 34.5 Å². The summed E-state index contributed by atoms with van der Waals surface area (Å²) in [5, 5.41) is 22.2. The largest absolute Gasteiger partial charge is 0.496 e. The van der Waals surface area contributed by atoms with Crippen molar-refractivity contribution in [2.75, 3.05) is 14.2 Å². The average Bonchev–Trinajstić information content (AvgIpc) is 2.77. The molecule has 10 nitrogen and oxygen atoms in total. The topological polar surface area (TPSA) is 123 Å². The van der Waals surface area contributed by atoms with Crippen LogP contribution in [0.3, 0.4) is 0 Å². The molecule has 0 saturated carbocycles. The fourth-order valence-corrected chi connectivity index (χ4v) is 5.39. The lowest BCUT2D eigenvalue weighted by atomic mass is 10.2. The standard InChI is InChI=1S/C20H12Br4N2O8/c1-31-11-7-16(33-18-12(21)3-9(25(27)28)4-13(18)22)20(32-2)17(8-11)34-19-14(23)5-10(26(29)30)6-15(19)24/h3-8H,1-2H3. The highest BCUT2D eigenvalue weighted by Crippen LogP contribution is 2.49. The molecule has 3 aromatic carbocycles. The third kappa shape index (κ3) is 5.62. The van der Waals surface area contributed by atoms with Crippen molar-refractivity contribution in [3.63, 3.8) is 0 Å². The molecule has 3 aromatic rings. The highest BCUT2D eigenvalue weighted by atomic mass is 79.9. The lowest BCUT2D eigenvalue weighted by Gasteiger charge is -2.18. The fourth-order valence-electron chi connectivity index (χ4n) is 2.74. The summed E-state index contributed by atoms with van der Waals surface area (Å²) in [5.41, 5.74) is -0.277. The van der Waals surface area contributed by atoms with Gasteiger partial charge in [0.15, 0.2) is 23.0 Å². The number of benzene rings is 3. The molecule has 34 heavy (non-hydrogen) atoms. The molecule has 0 aliphatic heterocycles. The summed E-state index contributed by atoms with van der Waals surface area (Å²) < 4.78 is 24.2. The van der Waals surface area contributed by atoms with Crippen LogP contribution in [0.4, 0.5) is 11.4 Å². The Hall–Kier alpha value is -2.42. The minimum atomic E-state index is -0.530. The normalized spacial score (nSPS) is 10.5. The van der Waals surface area contributed by atoms with E-state index in [0.29, 0.717) is 23.6 Å². The first-order valence-electron chi connectivity index (χ1n) is 8.94. The van der Waals surface area contributed by atoms with Crippen LogP contribution in [-0.4, -0.2) is 24.1 Å². The van der Waals surface area contributed by atoms with Gasteiger partial charge in [-0.1, -0.05) is 0 Å². The van der Waals surface area contributed by atoms with Crippen LogP contribution in [0.25, 0.3) is 0 Å². The van der Waals surface area contributed by atoms with Crippen LogP contribution in [0.2, 0.25) is 0 Å². The van der Waals surface area contributed by atoms with Gasteiger partial charge in [-0.3, -0.25) is 20.2 Å². The van der Waals surface area contributed by atoms with Gasteiger partial charge < -0.3 is 18.9 Å². The Morgan fingerprint density at radius 1 is 0.618 bits per heavy atom. The second kappa shape index (κ2) is 10.9. The number of ether oxygens (including phenoxy) is 4. The zero-order valence-corrected chi connectivity index (χ0v) is 23.5. The van der Waals surface area contributed by atoms with E-state index in [4.69, 9.17) is 18.9 Å². The van der Waals surface area contributed by atoms with Gasteiger partial charge in [0.05, 0.1) is 42.0 Å². The van der Waals surface area contributed by atoms with Gasteiger partial charge in [0.2, 0.25) is 5.75 Å². The van der Waals surface area contributed by atoms with Gasteiger partial charge in [0, 0.05) is 36.4 Å². The summed E-state index contributed by atoms with van der Waals surface area (Å²) in [6.45, 7) is 0. The summed E-state index contributed by atoms with van der Waals surface area (Å²) in [6, 6.07) is 8.30. The van der Waals surface area contributed by atoms with Crippen molar-refractivity contribution in [1.82, 2.24) is 0 Å². The summed E-state index contributed by atoms with van der Waals surface area (Å²) in [7, 11) is 2.85. The molecule has 0 bridgehead atoms. The Morgan fingerprint density at radius 3 is 1.24 bits per heavy atom. The summed E-state index contributed by atoms with van der Waals surface area (Å²) >= 11 is 13.1. The number of nitro groups is 2. The number of methoxy groups -OCH3 is 2. The molecular weight excluding hydrogens is 716 g/mol. The van der Waals surface area contributed by atoms with Crippen molar-refractivity contribution < 1.29 is 28.8 Å². The lowest BCUT2D eigenvalue weighted by Crippen LogP contribution is -1.98. The smallest absolute Gasteiger partial charge is 0.271 e. The Morgan fingerprint density at radius 2 is 0.971 bits per heavy atom. The maximum absolute atomic E-state index is 11.1. The van der Waals surface area contributed by atoms with E-state index >= 15 is 0 Å². The molecule has 0 spiro atoms. The molecule has 0 amide bonds. The molecule has 14 heteroatoms. The van der Waals surface area contributed by atoms with E-state index < -0.39 is 9.85 Å². The Balaban J connectivity index is 2.09. The van der Waals surface area contributed by atoms with Crippen molar-refractivity contribution in [2.24, 2.45) is 0 Å². The van der Waals surface area contributed by atoms with Crippen LogP contribution in [0.1, 0.15) is 0 Å². The van der Waals surface area contributed by atoms with Crippen molar-refractivity contribution in [2.45, 2.75) is 0 Å². The van der Waals surface area contributed by atoms with E-state index in [1.54, 1.807) is 12.1 Å². The number of rotatable bonds is 8. The lowest BCUT2D eigenvalue weighted by molar-refractivity contribution is -0.385. The second-order valence-corrected chi connectivity index (χ2v) is 9.77. The molecule has 0 heterocycles. The number of nitro benzene ring substituents is 2. The molecule has 0 aromatic heterocycles.